The Morgan fingerprint density at radius 2 is 2.24 bits per heavy atom. The Bertz CT molecular complexity index is 925. The first-order valence-electron chi connectivity index (χ1n) is 6.50. The molecule has 0 fully saturated rings. The van der Waals surface area contributed by atoms with Crippen LogP contribution in [0.2, 0.25) is 0 Å². The van der Waals surface area contributed by atoms with Crippen molar-refractivity contribution in [3.8, 4) is 16.6 Å². The predicted molar refractivity (Wildman–Crippen MR) is 80.5 cm³/mol. The second kappa shape index (κ2) is 4.82. The van der Waals surface area contributed by atoms with Crippen LogP contribution in [0, 0.1) is 18.3 Å². The summed E-state index contributed by atoms with van der Waals surface area (Å²) in [6.45, 7) is 5.82. The monoisotopic (exact) mass is 299 g/mol. The number of thiazole rings is 1. The van der Waals surface area contributed by atoms with Gasteiger partial charge in [-0.3, -0.25) is 9.89 Å². The van der Waals surface area contributed by atoms with E-state index in [2.05, 4.69) is 15.1 Å². The Balaban J connectivity index is 2.44. The molecule has 0 aliphatic heterocycles. The van der Waals surface area contributed by atoms with Crippen LogP contribution in [0.3, 0.4) is 0 Å². The van der Waals surface area contributed by atoms with Crippen LogP contribution in [0.15, 0.2) is 17.2 Å². The molecular formula is C14H13N5OS. The second-order valence-corrected chi connectivity index (χ2v) is 6.27. The minimum absolute atomic E-state index is 0.0214. The number of hydrogen-bond acceptors (Lipinski definition) is 5. The van der Waals surface area contributed by atoms with Crippen LogP contribution in [-0.2, 0) is 0 Å². The first-order chi connectivity index (χ1) is 10.0. The topological polar surface area (TPSA) is 86.8 Å². The molecule has 21 heavy (non-hydrogen) atoms. The van der Waals surface area contributed by atoms with Gasteiger partial charge < -0.3 is 0 Å². The van der Waals surface area contributed by atoms with Crippen molar-refractivity contribution in [1.82, 2.24) is 19.6 Å². The molecule has 7 heteroatoms. The molecule has 0 aliphatic carbocycles. The highest BCUT2D eigenvalue weighted by molar-refractivity contribution is 7.15. The van der Waals surface area contributed by atoms with E-state index in [1.807, 2.05) is 26.8 Å². The number of H-pyrrole nitrogens is 1. The Hall–Kier alpha value is -2.46. The van der Waals surface area contributed by atoms with Crippen molar-refractivity contribution in [2.75, 3.05) is 0 Å². The van der Waals surface area contributed by atoms with E-state index in [-0.39, 0.29) is 11.5 Å². The van der Waals surface area contributed by atoms with E-state index in [9.17, 15) is 4.79 Å². The largest absolute Gasteiger partial charge is 0.295 e. The maximum absolute atomic E-state index is 12.7. The molecule has 0 amide bonds. The molecule has 106 valence electrons. The fourth-order valence-electron chi connectivity index (χ4n) is 2.29. The van der Waals surface area contributed by atoms with Crippen LogP contribution in [0.4, 0.5) is 0 Å². The van der Waals surface area contributed by atoms with Crippen LogP contribution in [0.1, 0.15) is 35.9 Å². The molecule has 0 saturated carbocycles. The normalized spacial score (nSPS) is 11.2. The molecule has 1 N–H and O–H groups in total. The number of nitrogens with zero attached hydrogens (tertiary/aromatic N) is 4. The van der Waals surface area contributed by atoms with Gasteiger partial charge in [0.25, 0.3) is 5.56 Å². The van der Waals surface area contributed by atoms with Gasteiger partial charge in [-0.15, -0.1) is 11.3 Å². The van der Waals surface area contributed by atoms with Crippen LogP contribution >= 0.6 is 11.3 Å². The molecule has 0 aliphatic rings. The van der Waals surface area contributed by atoms with Gasteiger partial charge in [-0.25, -0.2) is 14.5 Å². The summed E-state index contributed by atoms with van der Waals surface area (Å²) in [6.07, 6.45) is 3.22. The molecule has 3 rings (SSSR count). The number of rotatable bonds is 2. The van der Waals surface area contributed by atoms with Crippen LogP contribution < -0.4 is 5.56 Å². The van der Waals surface area contributed by atoms with E-state index in [0.717, 1.165) is 9.88 Å². The van der Waals surface area contributed by atoms with E-state index < -0.39 is 0 Å². The van der Waals surface area contributed by atoms with Crippen molar-refractivity contribution in [1.29, 1.82) is 5.26 Å². The van der Waals surface area contributed by atoms with E-state index >= 15 is 0 Å². The molecule has 3 heterocycles. The zero-order valence-electron chi connectivity index (χ0n) is 11.8. The van der Waals surface area contributed by atoms with Gasteiger partial charge in [-0.2, -0.15) is 5.26 Å². The number of hydrogen-bond donors (Lipinski definition) is 1. The number of aromatic nitrogens is 4. The summed E-state index contributed by atoms with van der Waals surface area (Å²) >= 11 is 1.49. The summed E-state index contributed by atoms with van der Waals surface area (Å²) in [5.41, 5.74) is 1.79. The van der Waals surface area contributed by atoms with Crippen molar-refractivity contribution in [3.05, 3.63) is 38.9 Å². The Morgan fingerprint density at radius 3 is 2.81 bits per heavy atom. The highest BCUT2D eigenvalue weighted by Gasteiger charge is 2.20. The molecule has 0 atom stereocenters. The van der Waals surface area contributed by atoms with E-state index in [1.165, 1.54) is 22.0 Å². The maximum atomic E-state index is 12.7. The minimum atomic E-state index is -0.169. The maximum Gasteiger partial charge on any atom is 0.276 e. The molecule has 0 unspecified atom stereocenters. The zero-order chi connectivity index (χ0) is 15.1. The van der Waals surface area contributed by atoms with Gasteiger partial charge >= 0.3 is 0 Å². The number of aromatic amines is 1. The third-order valence-electron chi connectivity index (χ3n) is 3.25. The lowest BCUT2D eigenvalue weighted by atomic mass is 10.0. The molecule has 3 aromatic rings. The van der Waals surface area contributed by atoms with Gasteiger partial charge in [-0.1, -0.05) is 13.8 Å². The summed E-state index contributed by atoms with van der Waals surface area (Å²) in [5.74, 6) is 0.0214. The molecule has 0 aromatic carbocycles. The molecule has 6 nitrogen and oxygen atoms in total. The van der Waals surface area contributed by atoms with Crippen molar-refractivity contribution in [3.63, 3.8) is 0 Å². The summed E-state index contributed by atoms with van der Waals surface area (Å²) in [4.78, 5) is 22.3. The van der Waals surface area contributed by atoms with E-state index in [4.69, 9.17) is 5.26 Å². The lowest BCUT2D eigenvalue weighted by Gasteiger charge is -2.10. The molecule has 0 spiro atoms. The highest BCUT2D eigenvalue weighted by atomic mass is 32.1. The lowest BCUT2D eigenvalue weighted by molar-refractivity contribution is 0.798. The average Bonchev–Trinajstić information content (AvgIpc) is 3.03. The number of nitrogens with one attached hydrogen (secondary N) is 1. The summed E-state index contributed by atoms with van der Waals surface area (Å²) in [6, 6.07) is 2.04. The standard InChI is InChI=1S/C14H13N5OS/c1-7(2)11-12(10-6-16-8(3)21-10)18-13-9(4-15)5-17-19(13)14(11)20/h5-7,17H,1-3H3. The third kappa shape index (κ3) is 2.04. The van der Waals surface area contributed by atoms with Crippen molar-refractivity contribution in [2.24, 2.45) is 0 Å². The lowest BCUT2D eigenvalue weighted by Crippen LogP contribution is -2.22. The van der Waals surface area contributed by atoms with Crippen LogP contribution in [0.5, 0.6) is 0 Å². The SMILES string of the molecule is Cc1ncc(-c2nc3c(C#N)c[nH]n3c(=O)c2C(C)C)s1. The Kier molecular flexibility index (Phi) is 3.11. The van der Waals surface area contributed by atoms with Crippen molar-refractivity contribution < 1.29 is 0 Å². The van der Waals surface area contributed by atoms with Gasteiger partial charge in [0.1, 0.15) is 11.6 Å². The molecule has 3 aromatic heterocycles. The fraction of sp³-hybridized carbons (Fsp3) is 0.286. The highest BCUT2D eigenvalue weighted by Crippen LogP contribution is 2.30. The van der Waals surface area contributed by atoms with Gasteiger partial charge in [0.2, 0.25) is 0 Å². The number of aryl methyl sites for hydroxylation is 1. The summed E-state index contributed by atoms with van der Waals surface area (Å²) in [7, 11) is 0. The first-order valence-corrected chi connectivity index (χ1v) is 7.31. The summed E-state index contributed by atoms with van der Waals surface area (Å²) in [5, 5.41) is 12.8. The Morgan fingerprint density at radius 1 is 1.48 bits per heavy atom. The average molecular weight is 299 g/mol. The van der Waals surface area contributed by atoms with E-state index in [1.54, 1.807) is 6.20 Å². The van der Waals surface area contributed by atoms with Crippen LogP contribution in [0.25, 0.3) is 16.2 Å². The fourth-order valence-corrected chi connectivity index (χ4v) is 3.07. The van der Waals surface area contributed by atoms with Crippen LogP contribution in [-0.4, -0.2) is 19.6 Å². The van der Waals surface area contributed by atoms with Gasteiger partial charge in [0.05, 0.1) is 15.6 Å². The predicted octanol–water partition coefficient (Wildman–Crippen LogP) is 2.45. The number of fused-ring (bicyclic) bond motifs is 1. The molecule has 0 saturated heterocycles. The van der Waals surface area contributed by atoms with Gasteiger partial charge in [-0.05, 0) is 12.8 Å². The smallest absolute Gasteiger partial charge is 0.276 e. The van der Waals surface area contributed by atoms with Crippen molar-refractivity contribution >= 4 is 17.0 Å². The van der Waals surface area contributed by atoms with Crippen molar-refractivity contribution in [2.45, 2.75) is 26.7 Å². The van der Waals surface area contributed by atoms with Gasteiger partial charge in [0, 0.05) is 18.0 Å². The molecule has 0 bridgehead atoms. The summed E-state index contributed by atoms with van der Waals surface area (Å²) < 4.78 is 1.32. The quantitative estimate of drug-likeness (QED) is 0.787. The Labute approximate surface area is 124 Å². The molecule has 0 radical (unpaired) electrons. The zero-order valence-corrected chi connectivity index (χ0v) is 12.7. The second-order valence-electron chi connectivity index (χ2n) is 5.04. The van der Waals surface area contributed by atoms with Gasteiger partial charge in [0.15, 0.2) is 5.65 Å². The first kappa shape index (κ1) is 13.5. The molecular weight excluding hydrogens is 286 g/mol. The third-order valence-corrected chi connectivity index (χ3v) is 4.17. The number of nitriles is 1. The minimum Gasteiger partial charge on any atom is -0.295 e. The van der Waals surface area contributed by atoms with E-state index in [0.29, 0.717) is 22.5 Å².